The Hall–Kier alpha value is -4.26. The first kappa shape index (κ1) is 29.2. The molecule has 0 radical (unpaired) electrons. The van der Waals surface area contributed by atoms with E-state index >= 15 is 0 Å². The zero-order valence-corrected chi connectivity index (χ0v) is 22.9. The Morgan fingerprint density at radius 2 is 1.90 bits per heavy atom. The average Bonchev–Trinajstić information content (AvgIpc) is 3.55. The number of amides is 3. The van der Waals surface area contributed by atoms with Crippen molar-refractivity contribution in [3.8, 4) is 10.6 Å². The molecule has 220 valence electrons. The SMILES string of the molecule is NC(=O)C(N1CCOCC1)n1ncc2c(C(=O)O)cc(-c3cnc(NC(=O)Nc4cccc(SC(F)(F)F)c4)s3)nc21. The summed E-state index contributed by atoms with van der Waals surface area (Å²) in [7, 11) is 0. The van der Waals surface area contributed by atoms with Gasteiger partial charge in [-0.25, -0.2) is 24.2 Å². The monoisotopic (exact) mass is 622 g/mol. The van der Waals surface area contributed by atoms with Gasteiger partial charge in [0.25, 0.3) is 5.91 Å². The Kier molecular flexibility index (Phi) is 8.30. The van der Waals surface area contributed by atoms with Crippen LogP contribution >= 0.6 is 23.1 Å². The number of carboxylic acid groups (broad SMARTS) is 1. The summed E-state index contributed by atoms with van der Waals surface area (Å²) < 4.78 is 44.6. The molecule has 1 aliphatic heterocycles. The van der Waals surface area contributed by atoms with Gasteiger partial charge in [0, 0.05) is 29.9 Å². The summed E-state index contributed by atoms with van der Waals surface area (Å²) in [5.41, 5.74) is 1.54. The summed E-state index contributed by atoms with van der Waals surface area (Å²) >= 11 is 0.669. The lowest BCUT2D eigenvalue weighted by Gasteiger charge is -2.32. The lowest BCUT2D eigenvalue weighted by atomic mass is 10.1. The van der Waals surface area contributed by atoms with Crippen molar-refractivity contribution in [2.24, 2.45) is 5.73 Å². The van der Waals surface area contributed by atoms with Crippen molar-refractivity contribution in [3.63, 3.8) is 0 Å². The van der Waals surface area contributed by atoms with Crippen LogP contribution < -0.4 is 16.4 Å². The number of urea groups is 1. The zero-order chi connectivity index (χ0) is 30.0. The van der Waals surface area contributed by atoms with Crippen LogP contribution in [-0.4, -0.2) is 79.5 Å². The number of nitrogens with one attached hydrogen (secondary N) is 2. The number of carboxylic acids is 1. The van der Waals surface area contributed by atoms with E-state index in [2.05, 4.69) is 25.7 Å². The summed E-state index contributed by atoms with van der Waals surface area (Å²) in [4.78, 5) is 47.8. The minimum atomic E-state index is -4.48. The van der Waals surface area contributed by atoms with Gasteiger partial charge < -0.3 is 20.9 Å². The third kappa shape index (κ3) is 6.62. The van der Waals surface area contributed by atoms with Crippen LogP contribution in [0.3, 0.4) is 0 Å². The highest BCUT2D eigenvalue weighted by atomic mass is 32.2. The molecule has 0 bridgehead atoms. The van der Waals surface area contributed by atoms with Gasteiger partial charge in [-0.05, 0) is 36.0 Å². The number of thioether (sulfide) groups is 1. The molecule has 1 unspecified atom stereocenters. The van der Waals surface area contributed by atoms with E-state index in [0.717, 1.165) is 11.3 Å². The lowest BCUT2D eigenvalue weighted by molar-refractivity contribution is -0.129. The molecule has 0 spiro atoms. The third-order valence-electron chi connectivity index (χ3n) is 5.98. The van der Waals surface area contributed by atoms with Gasteiger partial charge in [-0.3, -0.25) is 15.0 Å². The van der Waals surface area contributed by atoms with Crippen molar-refractivity contribution < 1.29 is 37.4 Å². The predicted octanol–water partition coefficient (Wildman–Crippen LogP) is 3.83. The van der Waals surface area contributed by atoms with E-state index in [1.165, 1.54) is 47.4 Å². The van der Waals surface area contributed by atoms with E-state index in [4.69, 9.17) is 10.5 Å². The van der Waals surface area contributed by atoms with Crippen LogP contribution in [0.4, 0.5) is 28.8 Å². The quantitative estimate of drug-likeness (QED) is 0.211. The second-order valence-corrected chi connectivity index (χ2v) is 11.0. The highest BCUT2D eigenvalue weighted by Crippen LogP contribution is 2.37. The number of rotatable bonds is 8. The van der Waals surface area contributed by atoms with Crippen molar-refractivity contribution in [2.75, 3.05) is 36.9 Å². The van der Waals surface area contributed by atoms with Gasteiger partial charge >= 0.3 is 17.5 Å². The summed E-state index contributed by atoms with van der Waals surface area (Å²) in [6, 6.07) is 5.82. The molecule has 1 atom stereocenters. The molecule has 0 aliphatic carbocycles. The van der Waals surface area contributed by atoms with E-state index in [1.807, 2.05) is 0 Å². The number of nitrogens with two attached hydrogens (primary N) is 1. The second-order valence-electron chi connectivity index (χ2n) is 8.80. The molecule has 13 nitrogen and oxygen atoms in total. The highest BCUT2D eigenvalue weighted by Gasteiger charge is 2.31. The first-order valence-corrected chi connectivity index (χ1v) is 13.7. The van der Waals surface area contributed by atoms with Crippen molar-refractivity contribution in [1.82, 2.24) is 24.6 Å². The Labute approximate surface area is 242 Å². The summed E-state index contributed by atoms with van der Waals surface area (Å²) in [6.45, 7) is 1.56. The van der Waals surface area contributed by atoms with Gasteiger partial charge in [0.1, 0.15) is 0 Å². The molecule has 42 heavy (non-hydrogen) atoms. The minimum absolute atomic E-state index is 0.0982. The number of morpholine rings is 1. The van der Waals surface area contributed by atoms with Crippen LogP contribution in [0.2, 0.25) is 0 Å². The number of halogens is 3. The number of anilines is 2. The van der Waals surface area contributed by atoms with Crippen molar-refractivity contribution in [3.05, 3.63) is 48.3 Å². The first-order chi connectivity index (χ1) is 20.0. The van der Waals surface area contributed by atoms with Crippen LogP contribution in [-0.2, 0) is 9.53 Å². The molecule has 1 aliphatic rings. The number of carbonyl (C=O) groups excluding carboxylic acids is 2. The topological polar surface area (TPSA) is 178 Å². The molecule has 3 aromatic heterocycles. The minimum Gasteiger partial charge on any atom is -0.478 e. The Morgan fingerprint density at radius 1 is 1.14 bits per heavy atom. The molecular formula is C24H21F3N8O5S2. The maximum Gasteiger partial charge on any atom is 0.446 e. The van der Waals surface area contributed by atoms with Gasteiger partial charge in [0.05, 0.1) is 40.9 Å². The largest absolute Gasteiger partial charge is 0.478 e. The number of nitrogens with zero attached hydrogens (tertiary/aromatic N) is 5. The van der Waals surface area contributed by atoms with Gasteiger partial charge in [0.15, 0.2) is 16.9 Å². The number of fused-ring (bicyclic) bond motifs is 1. The third-order valence-corrected chi connectivity index (χ3v) is 7.64. The van der Waals surface area contributed by atoms with Crippen LogP contribution in [0.15, 0.2) is 47.6 Å². The number of aromatic nitrogens is 4. The molecule has 1 fully saturated rings. The summed E-state index contributed by atoms with van der Waals surface area (Å²) in [5.74, 6) is -1.96. The standard InChI is InChI=1S/C24H21F3N8O5S2/c25-24(26,27)42-13-3-1-2-12(8-13)31-22(39)33-23-29-11-17(41-23)16-9-14(21(37)38)15-10-30-35(19(15)32-16)20(18(28)36)34-4-6-40-7-5-34/h1-3,8-11,20H,4-7H2,(H2,28,36)(H,37,38)(H2,29,31,33,39). The molecule has 5 N–H and O–H groups in total. The predicted molar refractivity (Wildman–Crippen MR) is 147 cm³/mol. The Balaban J connectivity index is 1.40. The Morgan fingerprint density at radius 3 is 2.60 bits per heavy atom. The van der Waals surface area contributed by atoms with Gasteiger partial charge in [-0.1, -0.05) is 17.4 Å². The number of hydrogen-bond acceptors (Lipinski definition) is 10. The zero-order valence-electron chi connectivity index (χ0n) is 21.3. The number of thiazole rings is 1. The van der Waals surface area contributed by atoms with Crippen molar-refractivity contribution in [2.45, 2.75) is 16.6 Å². The first-order valence-electron chi connectivity index (χ1n) is 12.1. The molecule has 1 aromatic carbocycles. The maximum absolute atomic E-state index is 12.7. The van der Waals surface area contributed by atoms with E-state index in [9.17, 15) is 32.7 Å². The summed E-state index contributed by atoms with van der Waals surface area (Å²) in [5, 5.41) is 19.4. The number of primary amides is 1. The normalized spacial score (nSPS) is 14.9. The Bertz CT molecular complexity index is 1650. The smallest absolute Gasteiger partial charge is 0.446 e. The molecule has 4 aromatic rings. The molecular weight excluding hydrogens is 601 g/mol. The van der Waals surface area contributed by atoms with Crippen LogP contribution in [0.25, 0.3) is 21.6 Å². The average molecular weight is 623 g/mol. The fraction of sp³-hybridized carbons (Fsp3) is 0.250. The second kappa shape index (κ2) is 11.9. The van der Waals surface area contributed by atoms with Gasteiger partial charge in [-0.2, -0.15) is 18.3 Å². The maximum atomic E-state index is 12.7. The molecule has 0 saturated carbocycles. The molecule has 3 amide bonds. The molecule has 1 saturated heterocycles. The molecule has 5 rings (SSSR count). The highest BCUT2D eigenvalue weighted by molar-refractivity contribution is 8.00. The van der Waals surface area contributed by atoms with Crippen LogP contribution in [0, 0.1) is 0 Å². The summed E-state index contributed by atoms with van der Waals surface area (Å²) in [6.07, 6.45) is 1.64. The van der Waals surface area contributed by atoms with Crippen LogP contribution in [0.5, 0.6) is 0 Å². The fourth-order valence-electron chi connectivity index (χ4n) is 4.26. The number of alkyl halides is 3. The van der Waals surface area contributed by atoms with E-state index in [-0.39, 0.29) is 49.8 Å². The number of hydrogen-bond donors (Lipinski definition) is 4. The van der Waals surface area contributed by atoms with Gasteiger partial charge in [0.2, 0.25) is 0 Å². The van der Waals surface area contributed by atoms with Crippen LogP contribution in [0.1, 0.15) is 16.5 Å². The lowest BCUT2D eigenvalue weighted by Crippen LogP contribution is -2.47. The van der Waals surface area contributed by atoms with Crippen molar-refractivity contribution >= 4 is 62.9 Å². The number of ether oxygens (including phenoxy) is 1. The number of benzene rings is 1. The van der Waals surface area contributed by atoms with Crippen molar-refractivity contribution in [1.29, 1.82) is 0 Å². The number of aromatic carboxylic acids is 1. The van der Waals surface area contributed by atoms with E-state index in [1.54, 1.807) is 4.90 Å². The van der Waals surface area contributed by atoms with Gasteiger partial charge in [-0.15, -0.1) is 0 Å². The molecule has 18 heteroatoms. The number of carbonyl (C=O) groups is 3. The molecule has 4 heterocycles. The van der Waals surface area contributed by atoms with E-state index < -0.39 is 29.6 Å². The van der Waals surface area contributed by atoms with E-state index in [0.29, 0.717) is 31.2 Å². The number of pyridine rings is 1. The fourth-order valence-corrected chi connectivity index (χ4v) is 5.63.